The van der Waals surface area contributed by atoms with Gasteiger partial charge in [0.25, 0.3) is 0 Å². The molecule has 1 heterocycles. The third kappa shape index (κ3) is 7.68. The Bertz CT molecular complexity index is 1380. The van der Waals surface area contributed by atoms with Crippen LogP contribution in [-0.4, -0.2) is 27.9 Å². The normalized spacial score (nSPS) is 15.0. The molecule has 3 N–H and O–H groups in total. The fraction of sp³-hybridized carbons (Fsp3) is 0.457. The van der Waals surface area contributed by atoms with Gasteiger partial charge in [-0.05, 0) is 65.3 Å². The quantitative estimate of drug-likeness (QED) is 0.272. The van der Waals surface area contributed by atoms with E-state index in [1.54, 1.807) is 19.1 Å². The summed E-state index contributed by atoms with van der Waals surface area (Å²) in [6, 6.07) is 10.8. The Morgan fingerprint density at radius 2 is 0.884 bits per heavy atom. The van der Waals surface area contributed by atoms with Gasteiger partial charge in [-0.1, -0.05) is 41.5 Å². The van der Waals surface area contributed by atoms with E-state index in [9.17, 15) is 20.1 Å². The molecule has 0 amide bonds. The molecule has 0 aromatic heterocycles. The molecule has 43 heavy (non-hydrogen) atoms. The van der Waals surface area contributed by atoms with Crippen LogP contribution in [-0.2, 0) is 69.4 Å². The molecule has 1 aliphatic heterocycles. The molecule has 0 aliphatic carbocycles. The summed E-state index contributed by atoms with van der Waals surface area (Å²) in [7, 11) is 0. The first-order chi connectivity index (χ1) is 20.2. The number of esters is 1. The zero-order chi connectivity index (χ0) is 31.5. The van der Waals surface area contributed by atoms with Gasteiger partial charge in [0.15, 0.2) is 0 Å². The smallest absolute Gasteiger partial charge is 0.338 e. The van der Waals surface area contributed by atoms with Gasteiger partial charge < -0.3 is 34.3 Å². The molecule has 4 rings (SSSR count). The number of fused-ring (bicyclic) bond motifs is 6. The van der Waals surface area contributed by atoms with Gasteiger partial charge in [0.2, 0.25) is 0 Å². The predicted molar refractivity (Wildman–Crippen MR) is 163 cm³/mol. The Morgan fingerprint density at radius 3 is 1.14 bits per heavy atom. The zero-order valence-corrected chi connectivity index (χ0v) is 26.3. The first-order valence-corrected chi connectivity index (χ1v) is 14.6. The molecule has 1 aliphatic rings. The minimum absolute atomic E-state index is 0.0190. The molecular weight excluding hydrogens is 548 g/mol. The summed E-state index contributed by atoms with van der Waals surface area (Å²) in [5, 5.41) is 33.6. The molecule has 0 atom stereocenters. The summed E-state index contributed by atoms with van der Waals surface area (Å²) in [4.78, 5) is 12.7. The number of benzene rings is 3. The fourth-order valence-corrected chi connectivity index (χ4v) is 4.95. The highest BCUT2D eigenvalue weighted by atomic mass is 16.5. The van der Waals surface area contributed by atoms with Crippen LogP contribution in [0.1, 0.15) is 103 Å². The average molecular weight is 593 g/mol. The summed E-state index contributed by atoms with van der Waals surface area (Å²) in [5.74, 6) is -0.432. The van der Waals surface area contributed by atoms with Gasteiger partial charge in [0.1, 0.15) is 17.2 Å². The van der Waals surface area contributed by atoms with E-state index in [0.29, 0.717) is 33.4 Å². The van der Waals surface area contributed by atoms with Crippen LogP contribution in [0, 0.1) is 0 Å². The molecule has 0 radical (unpaired) electrons. The predicted octanol–water partition coefficient (Wildman–Crippen LogP) is 7.04. The number of aromatic hydroxyl groups is 3. The van der Waals surface area contributed by atoms with E-state index in [4.69, 9.17) is 18.9 Å². The summed E-state index contributed by atoms with van der Waals surface area (Å²) >= 11 is 0. The lowest BCUT2D eigenvalue weighted by Crippen LogP contribution is -2.14. The van der Waals surface area contributed by atoms with Crippen LogP contribution < -0.4 is 0 Å². The zero-order valence-electron chi connectivity index (χ0n) is 26.3. The molecule has 3 aromatic carbocycles. The topological polar surface area (TPSA) is 115 Å². The van der Waals surface area contributed by atoms with E-state index in [1.807, 2.05) is 24.3 Å². The Morgan fingerprint density at radius 1 is 0.605 bits per heavy atom. The van der Waals surface area contributed by atoms with Crippen LogP contribution in [0.3, 0.4) is 0 Å². The van der Waals surface area contributed by atoms with Crippen molar-refractivity contribution in [2.24, 2.45) is 0 Å². The van der Waals surface area contributed by atoms with Crippen LogP contribution in [0.2, 0.25) is 0 Å². The molecule has 0 saturated heterocycles. The first-order valence-electron chi connectivity index (χ1n) is 14.6. The van der Waals surface area contributed by atoms with E-state index in [1.165, 1.54) is 0 Å². The van der Waals surface area contributed by atoms with Gasteiger partial charge in [0.05, 0.1) is 51.8 Å². The van der Waals surface area contributed by atoms with Crippen molar-refractivity contribution in [3.8, 4) is 17.2 Å². The van der Waals surface area contributed by atoms with Crippen molar-refractivity contribution in [3.05, 3.63) is 86.5 Å². The summed E-state index contributed by atoms with van der Waals surface area (Å²) in [5.41, 5.74) is 5.02. The Hall–Kier alpha value is -3.59. The van der Waals surface area contributed by atoms with E-state index in [-0.39, 0.29) is 79.9 Å². The van der Waals surface area contributed by atoms with E-state index in [2.05, 4.69) is 41.5 Å². The van der Waals surface area contributed by atoms with Crippen LogP contribution in [0.15, 0.2) is 36.4 Å². The van der Waals surface area contributed by atoms with Crippen LogP contribution in [0.25, 0.3) is 0 Å². The Balaban J connectivity index is 1.82. The highest BCUT2D eigenvalue weighted by Crippen LogP contribution is 2.36. The highest BCUT2D eigenvalue weighted by molar-refractivity contribution is 5.90. The van der Waals surface area contributed by atoms with Gasteiger partial charge in [-0.3, -0.25) is 0 Å². The van der Waals surface area contributed by atoms with Gasteiger partial charge in [0, 0.05) is 33.4 Å². The first kappa shape index (κ1) is 32.3. The van der Waals surface area contributed by atoms with Crippen molar-refractivity contribution in [1.82, 2.24) is 0 Å². The number of rotatable bonds is 2. The van der Waals surface area contributed by atoms with Crippen LogP contribution in [0.4, 0.5) is 0 Å². The number of phenolic OH excluding ortho intramolecular Hbond substituents is 3. The van der Waals surface area contributed by atoms with Crippen molar-refractivity contribution in [2.45, 2.75) is 98.9 Å². The Labute approximate surface area is 254 Å². The SMILES string of the molecule is CCOC(=O)c1cc2c(O)c(c1)COCc1cc(C(C)(C)C)cc(c1O)COCc1cc(C(C)(C)C)cc(c1O)COC2. The largest absolute Gasteiger partial charge is 0.507 e. The number of carbonyl (C=O) groups excluding carboxylic acids is 1. The molecule has 8 nitrogen and oxygen atoms in total. The number of carbonyl (C=O) groups is 1. The van der Waals surface area contributed by atoms with Crippen molar-refractivity contribution in [2.75, 3.05) is 6.61 Å². The minimum Gasteiger partial charge on any atom is -0.507 e. The van der Waals surface area contributed by atoms with Gasteiger partial charge in [-0.15, -0.1) is 0 Å². The standard InChI is InChI=1S/C35H44O8/c1-8-43-33(39)21-9-22-15-40-17-24-11-28(34(2,3)4)13-26(31(24)37)19-42-20-27-14-29(35(5,6)7)12-25(32(27)38)18-41-16-23(10-21)30(22)36/h9-14,36-38H,8,15-20H2,1-7H3. The molecular formula is C35H44O8. The molecule has 232 valence electrons. The fourth-order valence-electron chi connectivity index (χ4n) is 4.95. The van der Waals surface area contributed by atoms with E-state index in [0.717, 1.165) is 11.1 Å². The van der Waals surface area contributed by atoms with Gasteiger partial charge in [-0.25, -0.2) is 4.79 Å². The van der Waals surface area contributed by atoms with Crippen LogP contribution >= 0.6 is 0 Å². The van der Waals surface area contributed by atoms with Crippen molar-refractivity contribution in [1.29, 1.82) is 0 Å². The van der Waals surface area contributed by atoms with Gasteiger partial charge >= 0.3 is 5.97 Å². The summed E-state index contributed by atoms with van der Waals surface area (Å²) in [6.07, 6.45) is 0. The van der Waals surface area contributed by atoms with Crippen molar-refractivity contribution in [3.63, 3.8) is 0 Å². The molecule has 0 unspecified atom stereocenters. The second-order valence-electron chi connectivity index (χ2n) is 13.1. The number of phenols is 3. The maximum absolute atomic E-state index is 12.7. The second kappa shape index (κ2) is 13.0. The second-order valence-corrected chi connectivity index (χ2v) is 13.1. The number of hydrogen-bond acceptors (Lipinski definition) is 8. The number of ether oxygens (including phenoxy) is 4. The van der Waals surface area contributed by atoms with E-state index >= 15 is 0 Å². The third-order valence-corrected chi connectivity index (χ3v) is 7.59. The van der Waals surface area contributed by atoms with Crippen LogP contribution in [0.5, 0.6) is 17.2 Å². The minimum atomic E-state index is -0.521. The molecule has 3 aromatic rings. The van der Waals surface area contributed by atoms with Crippen molar-refractivity contribution < 1.29 is 39.1 Å². The maximum Gasteiger partial charge on any atom is 0.338 e. The number of hydrogen-bond donors (Lipinski definition) is 3. The molecule has 8 heteroatoms. The molecule has 6 bridgehead atoms. The lowest BCUT2D eigenvalue weighted by atomic mass is 9.84. The monoisotopic (exact) mass is 592 g/mol. The van der Waals surface area contributed by atoms with E-state index < -0.39 is 5.97 Å². The van der Waals surface area contributed by atoms with Crippen molar-refractivity contribution >= 4 is 5.97 Å². The third-order valence-electron chi connectivity index (χ3n) is 7.59. The highest BCUT2D eigenvalue weighted by Gasteiger charge is 2.22. The summed E-state index contributed by atoms with van der Waals surface area (Å²) < 4.78 is 23.3. The summed E-state index contributed by atoms with van der Waals surface area (Å²) in [6.45, 7) is 14.8. The lowest BCUT2D eigenvalue weighted by molar-refractivity contribution is 0.0524. The average Bonchev–Trinajstić information content (AvgIpc) is 2.92. The molecule has 0 saturated carbocycles. The molecule has 0 fully saturated rings. The maximum atomic E-state index is 12.7. The lowest BCUT2D eigenvalue weighted by Gasteiger charge is -2.24. The van der Waals surface area contributed by atoms with Gasteiger partial charge in [-0.2, -0.15) is 0 Å². The molecule has 0 spiro atoms. The Kier molecular flexibility index (Phi) is 9.74.